The number of piperidine rings is 1. The number of nitrogens with zero attached hydrogens (tertiary/aromatic N) is 3. The van der Waals surface area contributed by atoms with E-state index in [4.69, 9.17) is 4.74 Å². The van der Waals surface area contributed by atoms with Crippen LogP contribution >= 0.6 is 0 Å². The number of hydrogen-bond donors (Lipinski definition) is 2. The molecule has 5 rings (SSSR count). The van der Waals surface area contributed by atoms with Gasteiger partial charge in [0.1, 0.15) is 5.65 Å². The Balaban J connectivity index is 1.10. The number of fused-ring (bicyclic) bond motifs is 1. The summed E-state index contributed by atoms with van der Waals surface area (Å²) in [7, 11) is 0. The third kappa shape index (κ3) is 5.17. The molecule has 1 aromatic carbocycles. The van der Waals surface area contributed by atoms with Gasteiger partial charge >= 0.3 is 6.03 Å². The predicted molar refractivity (Wildman–Crippen MR) is 126 cm³/mol. The maximum absolute atomic E-state index is 12.5. The van der Waals surface area contributed by atoms with Crippen molar-refractivity contribution in [1.82, 2.24) is 14.3 Å². The van der Waals surface area contributed by atoms with Gasteiger partial charge < -0.3 is 24.7 Å². The number of imidazole rings is 1. The lowest BCUT2D eigenvalue weighted by Gasteiger charge is -2.33. The molecule has 0 radical (unpaired) electrons. The number of benzene rings is 1. The summed E-state index contributed by atoms with van der Waals surface area (Å²) in [6.07, 6.45) is 8.93. The number of pyridine rings is 1. The van der Waals surface area contributed by atoms with E-state index in [-0.39, 0.29) is 11.9 Å². The molecule has 3 amide bonds. The molecular weight excluding hydrogens is 418 g/mol. The summed E-state index contributed by atoms with van der Waals surface area (Å²) in [4.78, 5) is 31.1. The molecule has 33 heavy (non-hydrogen) atoms. The minimum atomic E-state index is -0.290. The molecule has 1 atom stereocenters. The first kappa shape index (κ1) is 21.5. The van der Waals surface area contributed by atoms with Crippen molar-refractivity contribution in [3.63, 3.8) is 0 Å². The Bertz CT molecular complexity index is 1110. The summed E-state index contributed by atoms with van der Waals surface area (Å²) in [5.74, 6) is 1.09. The normalized spacial score (nSPS) is 19.0. The fraction of sp³-hybridized carbons (Fsp3) is 0.400. The Morgan fingerprint density at radius 2 is 1.76 bits per heavy atom. The van der Waals surface area contributed by atoms with Crippen molar-refractivity contribution in [2.24, 2.45) is 5.92 Å². The van der Waals surface area contributed by atoms with E-state index in [1.807, 2.05) is 46.0 Å². The summed E-state index contributed by atoms with van der Waals surface area (Å²) in [6.45, 7) is 3.12. The molecule has 4 heterocycles. The van der Waals surface area contributed by atoms with E-state index >= 15 is 0 Å². The molecule has 2 aromatic heterocycles. The smallest absolute Gasteiger partial charge is 0.323 e. The summed E-state index contributed by atoms with van der Waals surface area (Å²) >= 11 is 0. The van der Waals surface area contributed by atoms with Gasteiger partial charge in [-0.05, 0) is 60.9 Å². The Hall–Kier alpha value is -3.39. The topological polar surface area (TPSA) is 88.0 Å². The van der Waals surface area contributed by atoms with Crippen molar-refractivity contribution in [1.29, 1.82) is 0 Å². The van der Waals surface area contributed by atoms with Crippen LogP contribution in [0.15, 0.2) is 55.0 Å². The lowest BCUT2D eigenvalue weighted by molar-refractivity contribution is -0.133. The summed E-state index contributed by atoms with van der Waals surface area (Å²) in [5, 5.41) is 5.73. The lowest BCUT2D eigenvalue weighted by atomic mass is 9.89. The number of carbonyl (C=O) groups is 2. The highest BCUT2D eigenvalue weighted by atomic mass is 16.5. The molecule has 2 N–H and O–H groups in total. The maximum Gasteiger partial charge on any atom is 0.323 e. The first-order valence-electron chi connectivity index (χ1n) is 11.6. The number of amides is 3. The molecule has 2 fully saturated rings. The molecule has 8 heteroatoms. The van der Waals surface area contributed by atoms with Crippen LogP contribution < -0.4 is 10.6 Å². The van der Waals surface area contributed by atoms with E-state index in [2.05, 4.69) is 27.8 Å². The second-order valence-corrected chi connectivity index (χ2v) is 8.90. The summed E-state index contributed by atoms with van der Waals surface area (Å²) in [5.41, 5.74) is 3.51. The minimum absolute atomic E-state index is 0.265. The van der Waals surface area contributed by atoms with Gasteiger partial charge in [0, 0.05) is 57.0 Å². The van der Waals surface area contributed by atoms with Gasteiger partial charge in [-0.25, -0.2) is 9.78 Å². The zero-order chi connectivity index (χ0) is 22.6. The SMILES string of the molecule is O=C(Nc1ccc(C2CCN(C(=O)CC3CCOC3)CC2)cc1)Nc1ccc2nccn2c1. The predicted octanol–water partition coefficient (Wildman–Crippen LogP) is 4.11. The first-order valence-corrected chi connectivity index (χ1v) is 11.6. The van der Waals surface area contributed by atoms with Crippen LogP contribution in [0.3, 0.4) is 0 Å². The number of likely N-dealkylation sites (tertiary alicyclic amines) is 1. The number of aromatic nitrogens is 2. The molecule has 8 nitrogen and oxygen atoms in total. The van der Waals surface area contributed by atoms with E-state index < -0.39 is 0 Å². The summed E-state index contributed by atoms with van der Waals surface area (Å²) < 4.78 is 7.25. The van der Waals surface area contributed by atoms with Crippen LogP contribution in [0.25, 0.3) is 5.65 Å². The highest BCUT2D eigenvalue weighted by molar-refractivity contribution is 5.99. The standard InChI is InChI=1S/C25H29N5O3/c31-24(15-18-9-14-33-17-18)29-11-7-20(8-12-29)19-1-3-21(4-2-19)27-25(32)28-22-5-6-23-26-10-13-30(23)16-22/h1-6,10,13,16,18,20H,7-9,11-12,14-15,17H2,(H2,27,28,32). The number of nitrogens with one attached hydrogen (secondary N) is 2. The number of carbonyl (C=O) groups excluding carboxylic acids is 2. The van der Waals surface area contributed by atoms with E-state index in [1.54, 1.807) is 6.20 Å². The van der Waals surface area contributed by atoms with Crippen molar-refractivity contribution in [2.45, 2.75) is 31.6 Å². The third-order valence-corrected chi connectivity index (χ3v) is 6.62. The number of urea groups is 1. The fourth-order valence-electron chi connectivity index (χ4n) is 4.71. The number of hydrogen-bond acceptors (Lipinski definition) is 4. The highest BCUT2D eigenvalue weighted by Crippen LogP contribution is 2.30. The van der Waals surface area contributed by atoms with Gasteiger partial charge in [-0.15, -0.1) is 0 Å². The highest BCUT2D eigenvalue weighted by Gasteiger charge is 2.27. The fourth-order valence-corrected chi connectivity index (χ4v) is 4.71. The van der Waals surface area contributed by atoms with Gasteiger partial charge in [-0.3, -0.25) is 4.79 Å². The van der Waals surface area contributed by atoms with Crippen LogP contribution in [0, 0.1) is 5.92 Å². The van der Waals surface area contributed by atoms with E-state index in [0.29, 0.717) is 23.9 Å². The van der Waals surface area contributed by atoms with Crippen LogP contribution in [0.4, 0.5) is 16.2 Å². The average Bonchev–Trinajstić information content (AvgIpc) is 3.51. The number of ether oxygens (including phenoxy) is 1. The molecule has 0 spiro atoms. The molecule has 2 saturated heterocycles. The van der Waals surface area contributed by atoms with Crippen molar-refractivity contribution in [3.05, 3.63) is 60.6 Å². The van der Waals surface area contributed by atoms with E-state index in [1.165, 1.54) is 5.56 Å². The first-order chi connectivity index (χ1) is 16.1. The van der Waals surface area contributed by atoms with Gasteiger partial charge in [-0.1, -0.05) is 12.1 Å². The van der Waals surface area contributed by atoms with Crippen molar-refractivity contribution in [3.8, 4) is 0 Å². The molecule has 1 unspecified atom stereocenters. The Morgan fingerprint density at radius 1 is 1.00 bits per heavy atom. The molecule has 2 aliphatic heterocycles. The number of anilines is 2. The molecule has 3 aromatic rings. The van der Waals surface area contributed by atoms with Crippen molar-refractivity contribution >= 4 is 29.0 Å². The largest absolute Gasteiger partial charge is 0.381 e. The second kappa shape index (κ2) is 9.62. The lowest BCUT2D eigenvalue weighted by Crippen LogP contribution is -2.38. The van der Waals surface area contributed by atoms with Gasteiger partial charge in [0.05, 0.1) is 5.69 Å². The average molecular weight is 448 g/mol. The van der Waals surface area contributed by atoms with Crippen molar-refractivity contribution in [2.75, 3.05) is 36.9 Å². The van der Waals surface area contributed by atoms with Crippen LogP contribution in [-0.2, 0) is 9.53 Å². The van der Waals surface area contributed by atoms with Gasteiger partial charge in [0.25, 0.3) is 0 Å². The Labute approximate surface area is 192 Å². The van der Waals surface area contributed by atoms with E-state index in [0.717, 1.165) is 56.9 Å². The van der Waals surface area contributed by atoms with Gasteiger partial charge in [0.15, 0.2) is 0 Å². The van der Waals surface area contributed by atoms with Gasteiger partial charge in [-0.2, -0.15) is 0 Å². The summed E-state index contributed by atoms with van der Waals surface area (Å²) in [6, 6.07) is 11.4. The van der Waals surface area contributed by atoms with E-state index in [9.17, 15) is 9.59 Å². The maximum atomic E-state index is 12.5. The van der Waals surface area contributed by atoms with Crippen LogP contribution in [0.2, 0.25) is 0 Å². The molecule has 172 valence electrons. The van der Waals surface area contributed by atoms with Crippen LogP contribution in [0.1, 0.15) is 37.2 Å². The Morgan fingerprint density at radius 3 is 2.52 bits per heavy atom. The molecule has 0 bridgehead atoms. The third-order valence-electron chi connectivity index (χ3n) is 6.62. The van der Waals surface area contributed by atoms with Crippen molar-refractivity contribution < 1.29 is 14.3 Å². The second-order valence-electron chi connectivity index (χ2n) is 8.90. The molecule has 0 saturated carbocycles. The molecule has 0 aliphatic carbocycles. The monoisotopic (exact) mass is 447 g/mol. The zero-order valence-electron chi connectivity index (χ0n) is 18.6. The number of rotatable bonds is 5. The quantitative estimate of drug-likeness (QED) is 0.616. The van der Waals surface area contributed by atoms with Crippen LogP contribution in [-0.4, -0.2) is 52.5 Å². The Kier molecular flexibility index (Phi) is 6.26. The zero-order valence-corrected chi connectivity index (χ0v) is 18.6. The molecule has 2 aliphatic rings. The molecular formula is C25H29N5O3. The van der Waals surface area contributed by atoms with Crippen LogP contribution in [0.5, 0.6) is 0 Å². The minimum Gasteiger partial charge on any atom is -0.381 e. The van der Waals surface area contributed by atoms with Gasteiger partial charge in [0.2, 0.25) is 5.91 Å².